The molecule has 0 unspecified atom stereocenters. The highest BCUT2D eigenvalue weighted by molar-refractivity contribution is 9.10. The van der Waals surface area contributed by atoms with Crippen molar-refractivity contribution >= 4 is 28.1 Å². The lowest BCUT2D eigenvalue weighted by molar-refractivity contribution is 0.404. The first-order valence-corrected chi connectivity index (χ1v) is 8.75. The third-order valence-electron chi connectivity index (χ3n) is 3.78. The fraction of sp³-hybridized carbons (Fsp3) is 0.200. The number of nitrogens with zero attached hydrogens (tertiary/aromatic N) is 2. The highest BCUT2D eigenvalue weighted by atomic mass is 79.9. The van der Waals surface area contributed by atoms with E-state index in [0.717, 1.165) is 10.0 Å². The van der Waals surface area contributed by atoms with Crippen molar-refractivity contribution in [1.82, 2.24) is 10.1 Å². The molecular weight excluding hydrogens is 364 g/mol. The minimum absolute atomic E-state index is 0.474. The molecule has 0 aliphatic heterocycles. The van der Waals surface area contributed by atoms with Crippen LogP contribution in [0.25, 0.3) is 12.2 Å². The van der Waals surface area contributed by atoms with E-state index in [4.69, 9.17) is 4.52 Å². The van der Waals surface area contributed by atoms with E-state index in [-0.39, 0.29) is 0 Å². The van der Waals surface area contributed by atoms with Crippen LogP contribution in [0.1, 0.15) is 48.2 Å². The molecule has 0 fully saturated rings. The van der Waals surface area contributed by atoms with E-state index in [1.165, 1.54) is 11.1 Å². The largest absolute Gasteiger partial charge is 0.335 e. The van der Waals surface area contributed by atoms with Gasteiger partial charge in [0.2, 0.25) is 0 Å². The van der Waals surface area contributed by atoms with Crippen LogP contribution >= 0.6 is 15.9 Å². The summed E-state index contributed by atoms with van der Waals surface area (Å²) in [6.07, 6.45) is 4.57. The van der Waals surface area contributed by atoms with Crippen molar-refractivity contribution in [1.29, 1.82) is 0 Å². The molecule has 2 aromatic carbocycles. The lowest BCUT2D eigenvalue weighted by Gasteiger charge is -2.08. The number of halogens is 1. The fourth-order valence-corrected chi connectivity index (χ4v) is 2.81. The van der Waals surface area contributed by atoms with Crippen LogP contribution in [0.15, 0.2) is 57.5 Å². The molecule has 0 atom stereocenters. The second kappa shape index (κ2) is 7.58. The molecule has 0 saturated heterocycles. The van der Waals surface area contributed by atoms with Crippen LogP contribution in [0.2, 0.25) is 0 Å². The normalized spacial score (nSPS) is 11.5. The van der Waals surface area contributed by atoms with Gasteiger partial charge in [-0.2, -0.15) is 4.98 Å². The van der Waals surface area contributed by atoms with E-state index >= 15 is 0 Å². The first-order valence-electron chi connectivity index (χ1n) is 7.96. The molecule has 0 saturated carbocycles. The van der Waals surface area contributed by atoms with Crippen molar-refractivity contribution in [3.63, 3.8) is 0 Å². The third kappa shape index (κ3) is 4.20. The lowest BCUT2D eigenvalue weighted by atomic mass is 9.97. The number of aromatic nitrogens is 2. The summed E-state index contributed by atoms with van der Waals surface area (Å²) in [5.41, 5.74) is 3.64. The Morgan fingerprint density at radius 2 is 1.79 bits per heavy atom. The van der Waals surface area contributed by atoms with Crippen molar-refractivity contribution in [3.05, 3.63) is 81.4 Å². The third-order valence-corrected chi connectivity index (χ3v) is 4.31. The molecule has 0 N–H and O–H groups in total. The Kier molecular flexibility index (Phi) is 5.26. The molecule has 0 aliphatic rings. The summed E-state index contributed by atoms with van der Waals surface area (Å²) in [5.74, 6) is 1.69. The summed E-state index contributed by atoms with van der Waals surface area (Å²) in [6.45, 7) is 4.38. The smallest absolute Gasteiger partial charge is 0.250 e. The molecule has 3 aromatic rings. The van der Waals surface area contributed by atoms with Crippen molar-refractivity contribution in [2.75, 3.05) is 0 Å². The molecule has 1 heterocycles. The molecule has 3 nitrogen and oxygen atoms in total. The quantitative estimate of drug-likeness (QED) is 0.566. The summed E-state index contributed by atoms with van der Waals surface area (Å²) in [5, 5.41) is 4.05. The molecule has 0 bridgehead atoms. The van der Waals surface area contributed by atoms with Gasteiger partial charge in [-0.3, -0.25) is 0 Å². The Balaban J connectivity index is 1.73. The molecule has 4 heteroatoms. The highest BCUT2D eigenvalue weighted by Gasteiger charge is 2.06. The Labute approximate surface area is 150 Å². The van der Waals surface area contributed by atoms with Crippen LogP contribution in [0.3, 0.4) is 0 Å². The zero-order valence-electron chi connectivity index (χ0n) is 13.7. The maximum absolute atomic E-state index is 5.33. The van der Waals surface area contributed by atoms with Crippen molar-refractivity contribution in [2.45, 2.75) is 26.2 Å². The second-order valence-corrected chi connectivity index (χ2v) is 6.88. The van der Waals surface area contributed by atoms with Crippen LogP contribution in [0, 0.1) is 0 Å². The van der Waals surface area contributed by atoms with Gasteiger partial charge in [-0.25, -0.2) is 0 Å². The standard InChI is InChI=1S/C20H19BrN2O/c1-14(2)18-6-4-3-5-16(18)9-12-20-22-19(23-24-20)13-15-7-10-17(21)11-8-15/h3-12,14H,13H2,1-2H3/b12-9+. The van der Waals surface area contributed by atoms with Crippen molar-refractivity contribution in [3.8, 4) is 0 Å². The van der Waals surface area contributed by atoms with Gasteiger partial charge < -0.3 is 4.52 Å². The molecule has 24 heavy (non-hydrogen) atoms. The summed E-state index contributed by atoms with van der Waals surface area (Å²) >= 11 is 3.43. The monoisotopic (exact) mass is 382 g/mol. The Morgan fingerprint density at radius 3 is 2.54 bits per heavy atom. The van der Waals surface area contributed by atoms with Gasteiger partial charge in [-0.1, -0.05) is 71.3 Å². The van der Waals surface area contributed by atoms with Crippen LogP contribution in [-0.4, -0.2) is 10.1 Å². The molecule has 0 amide bonds. The van der Waals surface area contributed by atoms with E-state index in [9.17, 15) is 0 Å². The van der Waals surface area contributed by atoms with E-state index in [0.29, 0.717) is 24.1 Å². The molecular formula is C20H19BrN2O. The molecule has 0 radical (unpaired) electrons. The van der Waals surface area contributed by atoms with Crippen LogP contribution < -0.4 is 0 Å². The zero-order chi connectivity index (χ0) is 16.9. The van der Waals surface area contributed by atoms with Gasteiger partial charge in [0.25, 0.3) is 5.89 Å². The second-order valence-electron chi connectivity index (χ2n) is 5.97. The van der Waals surface area contributed by atoms with Crippen molar-refractivity contribution in [2.24, 2.45) is 0 Å². The molecule has 3 rings (SSSR count). The summed E-state index contributed by atoms with van der Waals surface area (Å²) in [4.78, 5) is 4.44. The topological polar surface area (TPSA) is 38.9 Å². The van der Waals surface area contributed by atoms with Crippen LogP contribution in [0.4, 0.5) is 0 Å². The Morgan fingerprint density at radius 1 is 1.04 bits per heavy atom. The number of hydrogen-bond donors (Lipinski definition) is 0. The van der Waals surface area contributed by atoms with E-state index in [1.54, 1.807) is 0 Å². The average molecular weight is 383 g/mol. The maximum atomic E-state index is 5.33. The van der Waals surface area contributed by atoms with Crippen LogP contribution in [0.5, 0.6) is 0 Å². The number of hydrogen-bond acceptors (Lipinski definition) is 3. The van der Waals surface area contributed by atoms with Gasteiger partial charge >= 0.3 is 0 Å². The van der Waals surface area contributed by atoms with Gasteiger partial charge in [-0.15, -0.1) is 0 Å². The SMILES string of the molecule is CC(C)c1ccccc1/C=C/c1nc(Cc2ccc(Br)cc2)no1. The Bertz CT molecular complexity index is 835. The first kappa shape index (κ1) is 16.7. The van der Waals surface area contributed by atoms with Gasteiger partial charge in [-0.05, 0) is 40.8 Å². The van der Waals surface area contributed by atoms with Crippen LogP contribution in [-0.2, 0) is 6.42 Å². The predicted octanol–water partition coefficient (Wildman–Crippen LogP) is 5.72. The molecule has 0 aliphatic carbocycles. The number of rotatable bonds is 5. The van der Waals surface area contributed by atoms with Gasteiger partial charge in [0.15, 0.2) is 5.82 Å². The maximum Gasteiger partial charge on any atom is 0.250 e. The lowest BCUT2D eigenvalue weighted by Crippen LogP contribution is -1.91. The summed E-state index contributed by atoms with van der Waals surface area (Å²) in [6, 6.07) is 16.5. The minimum Gasteiger partial charge on any atom is -0.335 e. The summed E-state index contributed by atoms with van der Waals surface area (Å²) in [7, 11) is 0. The Hall–Kier alpha value is -2.20. The van der Waals surface area contributed by atoms with Gasteiger partial charge in [0.1, 0.15) is 0 Å². The van der Waals surface area contributed by atoms with E-state index < -0.39 is 0 Å². The molecule has 122 valence electrons. The van der Waals surface area contributed by atoms with Gasteiger partial charge in [0.05, 0.1) is 0 Å². The zero-order valence-corrected chi connectivity index (χ0v) is 15.3. The summed E-state index contributed by atoms with van der Waals surface area (Å²) < 4.78 is 6.39. The van der Waals surface area contributed by atoms with E-state index in [2.05, 4.69) is 70.2 Å². The van der Waals surface area contributed by atoms with Crippen molar-refractivity contribution < 1.29 is 4.52 Å². The number of benzene rings is 2. The minimum atomic E-state index is 0.474. The fourth-order valence-electron chi connectivity index (χ4n) is 2.54. The molecule has 1 aromatic heterocycles. The molecule has 0 spiro atoms. The predicted molar refractivity (Wildman–Crippen MR) is 101 cm³/mol. The average Bonchev–Trinajstić information content (AvgIpc) is 3.03. The van der Waals surface area contributed by atoms with Gasteiger partial charge in [0, 0.05) is 17.0 Å². The highest BCUT2D eigenvalue weighted by Crippen LogP contribution is 2.21. The van der Waals surface area contributed by atoms with E-state index in [1.807, 2.05) is 30.4 Å². The first-order chi connectivity index (χ1) is 11.6.